The minimum Gasteiger partial charge on any atom is -0.444 e. The highest BCUT2D eigenvalue weighted by molar-refractivity contribution is 5.69. The lowest BCUT2D eigenvalue weighted by atomic mass is 10.1. The first-order valence-corrected chi connectivity index (χ1v) is 12.4. The van der Waals surface area contributed by atoms with E-state index in [1.165, 1.54) is 0 Å². The third kappa shape index (κ3) is 6.61. The standard InChI is InChI=1S/C26H35N7O2/c1-5-7-19-13-23(31-24(29-19)30-20-9-6-8-18(12-20)14-27)32-11-10-21(15-32)28-22-16-33(17-22)25(34)35-26(2,3)4/h6,8-9,12-13,21-22,28H,5,7,10-11,15-17H2,1-4H3,(H,29,30,31)/t21-/m0/s1. The highest BCUT2D eigenvalue weighted by Crippen LogP contribution is 2.24. The van der Waals surface area contributed by atoms with Crippen molar-refractivity contribution in [2.24, 2.45) is 0 Å². The molecular formula is C26H35N7O2. The Morgan fingerprint density at radius 3 is 2.71 bits per heavy atom. The Balaban J connectivity index is 1.36. The van der Waals surface area contributed by atoms with Gasteiger partial charge in [-0.05, 0) is 51.8 Å². The van der Waals surface area contributed by atoms with Gasteiger partial charge in [-0.1, -0.05) is 19.4 Å². The molecule has 9 heteroatoms. The summed E-state index contributed by atoms with van der Waals surface area (Å²) in [6, 6.07) is 12.2. The second-order valence-corrected chi connectivity index (χ2v) is 10.3. The molecule has 1 amide bonds. The first-order valence-electron chi connectivity index (χ1n) is 12.4. The Hall–Kier alpha value is -3.38. The average molecular weight is 478 g/mol. The molecule has 0 aliphatic carbocycles. The maximum Gasteiger partial charge on any atom is 0.410 e. The van der Waals surface area contributed by atoms with Crippen LogP contribution >= 0.6 is 0 Å². The van der Waals surface area contributed by atoms with Gasteiger partial charge in [0.25, 0.3) is 0 Å². The molecule has 0 unspecified atom stereocenters. The number of nitrogens with one attached hydrogen (secondary N) is 2. The molecule has 186 valence electrons. The Bertz CT molecular complexity index is 1090. The Kier molecular flexibility index (Phi) is 7.41. The summed E-state index contributed by atoms with van der Waals surface area (Å²) in [5.41, 5.74) is 1.92. The molecule has 9 nitrogen and oxygen atoms in total. The largest absolute Gasteiger partial charge is 0.444 e. The van der Waals surface area contributed by atoms with Gasteiger partial charge in [0, 0.05) is 55.7 Å². The van der Waals surface area contributed by atoms with E-state index in [-0.39, 0.29) is 12.1 Å². The van der Waals surface area contributed by atoms with Crippen molar-refractivity contribution < 1.29 is 9.53 Å². The summed E-state index contributed by atoms with van der Waals surface area (Å²) in [6.07, 6.45) is 2.65. The van der Waals surface area contributed by atoms with Crippen LogP contribution in [0.3, 0.4) is 0 Å². The van der Waals surface area contributed by atoms with Crippen molar-refractivity contribution in [3.05, 3.63) is 41.6 Å². The molecule has 2 aromatic rings. The summed E-state index contributed by atoms with van der Waals surface area (Å²) < 4.78 is 5.45. The number of amides is 1. The Labute approximate surface area is 207 Å². The van der Waals surface area contributed by atoms with Gasteiger partial charge in [-0.3, -0.25) is 0 Å². The van der Waals surface area contributed by atoms with Crippen LogP contribution in [0.5, 0.6) is 0 Å². The first-order chi connectivity index (χ1) is 16.7. The smallest absolute Gasteiger partial charge is 0.410 e. The zero-order valence-electron chi connectivity index (χ0n) is 21.0. The number of carbonyl (C=O) groups excluding carboxylic acids is 1. The molecule has 35 heavy (non-hydrogen) atoms. The molecule has 2 N–H and O–H groups in total. The predicted octanol–water partition coefficient (Wildman–Crippen LogP) is 3.83. The minimum atomic E-state index is -0.470. The highest BCUT2D eigenvalue weighted by Gasteiger charge is 2.36. The van der Waals surface area contributed by atoms with Crippen LogP contribution in [0.25, 0.3) is 0 Å². The van der Waals surface area contributed by atoms with Crippen molar-refractivity contribution in [2.75, 3.05) is 36.4 Å². The van der Waals surface area contributed by atoms with Crippen LogP contribution in [0.2, 0.25) is 0 Å². The zero-order valence-corrected chi connectivity index (χ0v) is 21.0. The SMILES string of the molecule is CCCc1cc(N2CC[C@H](NC3CN(C(=O)OC(C)(C)C)C3)C2)nc(Nc2cccc(C#N)c2)n1. The van der Waals surface area contributed by atoms with Gasteiger partial charge >= 0.3 is 6.09 Å². The van der Waals surface area contributed by atoms with Crippen molar-refractivity contribution in [1.82, 2.24) is 20.2 Å². The number of aromatic nitrogens is 2. The second-order valence-electron chi connectivity index (χ2n) is 10.3. The van der Waals surface area contributed by atoms with E-state index in [1.54, 1.807) is 17.0 Å². The van der Waals surface area contributed by atoms with Gasteiger partial charge < -0.3 is 25.2 Å². The number of hydrogen-bond acceptors (Lipinski definition) is 8. The third-order valence-corrected chi connectivity index (χ3v) is 6.04. The maximum atomic E-state index is 12.2. The van der Waals surface area contributed by atoms with Crippen LogP contribution in [-0.2, 0) is 11.2 Å². The second kappa shape index (κ2) is 10.5. The lowest BCUT2D eigenvalue weighted by molar-refractivity contribution is 0.00440. The van der Waals surface area contributed by atoms with Gasteiger partial charge in [-0.25, -0.2) is 9.78 Å². The monoisotopic (exact) mass is 477 g/mol. The number of benzene rings is 1. The quantitative estimate of drug-likeness (QED) is 0.620. The Morgan fingerprint density at radius 2 is 2.00 bits per heavy atom. The molecule has 0 spiro atoms. The maximum absolute atomic E-state index is 12.2. The van der Waals surface area contributed by atoms with E-state index in [1.807, 2.05) is 32.9 Å². The van der Waals surface area contributed by atoms with E-state index in [4.69, 9.17) is 9.72 Å². The van der Waals surface area contributed by atoms with Gasteiger partial charge in [-0.2, -0.15) is 10.2 Å². The molecule has 1 atom stereocenters. The summed E-state index contributed by atoms with van der Waals surface area (Å²) >= 11 is 0. The molecular weight excluding hydrogens is 442 g/mol. The molecule has 0 radical (unpaired) electrons. The van der Waals surface area contributed by atoms with Crippen LogP contribution < -0.4 is 15.5 Å². The zero-order chi connectivity index (χ0) is 25.0. The summed E-state index contributed by atoms with van der Waals surface area (Å²) in [5.74, 6) is 1.46. The molecule has 3 heterocycles. The van der Waals surface area contributed by atoms with Crippen LogP contribution in [0.4, 0.5) is 22.2 Å². The van der Waals surface area contributed by atoms with E-state index in [0.29, 0.717) is 30.6 Å². The number of likely N-dealkylation sites (tertiary alicyclic amines) is 1. The van der Waals surface area contributed by atoms with Crippen molar-refractivity contribution in [3.63, 3.8) is 0 Å². The molecule has 0 saturated carbocycles. The van der Waals surface area contributed by atoms with E-state index in [9.17, 15) is 10.1 Å². The van der Waals surface area contributed by atoms with Crippen molar-refractivity contribution in [3.8, 4) is 6.07 Å². The van der Waals surface area contributed by atoms with E-state index >= 15 is 0 Å². The summed E-state index contributed by atoms with van der Waals surface area (Å²) in [7, 11) is 0. The lowest BCUT2D eigenvalue weighted by Crippen LogP contribution is -2.62. The summed E-state index contributed by atoms with van der Waals surface area (Å²) in [5, 5.41) is 16.1. The molecule has 0 bridgehead atoms. The van der Waals surface area contributed by atoms with Crippen molar-refractivity contribution in [1.29, 1.82) is 5.26 Å². The van der Waals surface area contributed by atoms with Crippen LogP contribution in [0, 0.1) is 11.3 Å². The van der Waals surface area contributed by atoms with Gasteiger partial charge in [0.1, 0.15) is 11.4 Å². The third-order valence-electron chi connectivity index (χ3n) is 6.04. The molecule has 1 aromatic carbocycles. The molecule has 2 aliphatic heterocycles. The van der Waals surface area contributed by atoms with Gasteiger partial charge in [0.2, 0.25) is 5.95 Å². The fraction of sp³-hybridized carbons (Fsp3) is 0.538. The van der Waals surface area contributed by atoms with Crippen molar-refractivity contribution in [2.45, 2.75) is 64.6 Å². The lowest BCUT2D eigenvalue weighted by Gasteiger charge is -2.41. The van der Waals surface area contributed by atoms with Crippen LogP contribution in [-0.4, -0.2) is 64.8 Å². The van der Waals surface area contributed by atoms with E-state index in [2.05, 4.69) is 39.6 Å². The number of ether oxygens (including phenoxy) is 1. The molecule has 1 aromatic heterocycles. The number of anilines is 3. The normalized spacial score (nSPS) is 18.2. The van der Waals surface area contributed by atoms with Gasteiger partial charge in [-0.15, -0.1) is 0 Å². The molecule has 2 saturated heterocycles. The van der Waals surface area contributed by atoms with Gasteiger partial charge in [0.15, 0.2) is 0 Å². The predicted molar refractivity (Wildman–Crippen MR) is 136 cm³/mol. The summed E-state index contributed by atoms with van der Waals surface area (Å²) in [4.78, 5) is 25.7. The van der Waals surface area contributed by atoms with E-state index in [0.717, 1.165) is 49.6 Å². The fourth-order valence-corrected chi connectivity index (χ4v) is 4.38. The number of nitrogens with zero attached hydrogens (tertiary/aromatic N) is 5. The van der Waals surface area contributed by atoms with Crippen LogP contribution in [0.1, 0.15) is 51.8 Å². The average Bonchev–Trinajstić information content (AvgIpc) is 3.24. The van der Waals surface area contributed by atoms with Crippen molar-refractivity contribution >= 4 is 23.5 Å². The number of rotatable bonds is 7. The first kappa shape index (κ1) is 24.7. The molecule has 2 fully saturated rings. The fourth-order valence-electron chi connectivity index (χ4n) is 4.38. The summed E-state index contributed by atoms with van der Waals surface area (Å²) in [6.45, 7) is 10.9. The molecule has 4 rings (SSSR count). The number of nitriles is 1. The Morgan fingerprint density at radius 1 is 1.20 bits per heavy atom. The topological polar surface area (TPSA) is 106 Å². The number of hydrogen-bond donors (Lipinski definition) is 2. The molecule has 2 aliphatic rings. The van der Waals surface area contributed by atoms with Crippen LogP contribution in [0.15, 0.2) is 30.3 Å². The van der Waals surface area contributed by atoms with Gasteiger partial charge in [0.05, 0.1) is 11.6 Å². The van der Waals surface area contributed by atoms with E-state index < -0.39 is 5.60 Å². The highest BCUT2D eigenvalue weighted by atomic mass is 16.6. The minimum absolute atomic E-state index is 0.242. The number of aryl methyl sites for hydroxylation is 1. The number of carbonyl (C=O) groups is 1.